The maximum atomic E-state index is 10.8. The minimum Gasteiger partial charge on any atom is -0.478 e. The molecular weight excluding hydrogens is 196 g/mol. The number of carboxylic acid groups (broad SMARTS) is 2. The van der Waals surface area contributed by atoms with Crippen molar-refractivity contribution in [2.45, 2.75) is 6.92 Å². The van der Waals surface area contributed by atoms with E-state index in [1.54, 1.807) is 18.2 Å². The second-order valence-corrected chi connectivity index (χ2v) is 3.07. The van der Waals surface area contributed by atoms with Crippen LogP contribution in [-0.4, -0.2) is 22.2 Å². The van der Waals surface area contributed by atoms with Crippen LogP contribution in [0.5, 0.6) is 0 Å². The van der Waals surface area contributed by atoms with Crippen LogP contribution in [0.15, 0.2) is 30.3 Å². The molecule has 1 aromatic carbocycles. The summed E-state index contributed by atoms with van der Waals surface area (Å²) in [6.07, 6.45) is 0.692. The Bertz CT molecular complexity index is 432. The van der Waals surface area contributed by atoms with Crippen molar-refractivity contribution >= 4 is 17.5 Å². The lowest BCUT2D eigenvalue weighted by atomic mass is 10.0. The van der Waals surface area contributed by atoms with Crippen molar-refractivity contribution in [2.24, 2.45) is 0 Å². The summed E-state index contributed by atoms with van der Waals surface area (Å²) >= 11 is 0. The highest BCUT2D eigenvalue weighted by Crippen LogP contribution is 2.15. The Labute approximate surface area is 86.5 Å². The molecule has 0 bridgehead atoms. The highest BCUT2D eigenvalue weighted by Gasteiger charge is 2.11. The van der Waals surface area contributed by atoms with Gasteiger partial charge in [0.05, 0.1) is 5.57 Å². The lowest BCUT2D eigenvalue weighted by Crippen LogP contribution is -2.03. The number of aliphatic carboxylic acids is 2. The molecule has 0 fully saturated rings. The minimum absolute atomic E-state index is 0.216. The Morgan fingerprint density at radius 1 is 1.27 bits per heavy atom. The number of hydrogen-bond acceptors (Lipinski definition) is 2. The topological polar surface area (TPSA) is 74.6 Å². The molecule has 78 valence electrons. The molecule has 4 heteroatoms. The third kappa shape index (κ3) is 2.95. The van der Waals surface area contributed by atoms with E-state index in [0.29, 0.717) is 11.6 Å². The van der Waals surface area contributed by atoms with Gasteiger partial charge in [-0.15, -0.1) is 0 Å². The zero-order valence-electron chi connectivity index (χ0n) is 8.10. The quantitative estimate of drug-likeness (QED) is 0.736. The highest BCUT2D eigenvalue weighted by atomic mass is 16.4. The number of benzene rings is 1. The van der Waals surface area contributed by atoms with E-state index >= 15 is 0 Å². The minimum atomic E-state index is -1.27. The molecule has 4 nitrogen and oxygen atoms in total. The van der Waals surface area contributed by atoms with Crippen LogP contribution in [0.25, 0.3) is 5.57 Å². The summed E-state index contributed by atoms with van der Waals surface area (Å²) in [4.78, 5) is 21.2. The molecule has 2 N–H and O–H groups in total. The summed E-state index contributed by atoms with van der Waals surface area (Å²) in [5.74, 6) is -2.52. The summed E-state index contributed by atoms with van der Waals surface area (Å²) in [6, 6.07) is 6.69. The Balaban J connectivity index is 3.22. The van der Waals surface area contributed by atoms with E-state index in [1.807, 2.05) is 13.0 Å². The summed E-state index contributed by atoms with van der Waals surface area (Å²) in [6.45, 7) is 1.81. The van der Waals surface area contributed by atoms with E-state index in [2.05, 4.69) is 0 Å². The molecule has 0 spiro atoms. The summed E-state index contributed by atoms with van der Waals surface area (Å²) in [7, 11) is 0. The lowest BCUT2D eigenvalue weighted by molar-refractivity contribution is -0.133. The van der Waals surface area contributed by atoms with Gasteiger partial charge in [-0.1, -0.05) is 29.8 Å². The van der Waals surface area contributed by atoms with Crippen molar-refractivity contribution in [2.75, 3.05) is 0 Å². The van der Waals surface area contributed by atoms with Gasteiger partial charge in [0.15, 0.2) is 0 Å². The Morgan fingerprint density at radius 2 is 1.93 bits per heavy atom. The van der Waals surface area contributed by atoms with E-state index in [4.69, 9.17) is 10.2 Å². The average Bonchev–Trinajstić information content (AvgIpc) is 2.13. The van der Waals surface area contributed by atoms with E-state index in [-0.39, 0.29) is 5.57 Å². The molecule has 0 heterocycles. The van der Waals surface area contributed by atoms with Crippen LogP contribution in [-0.2, 0) is 9.59 Å². The van der Waals surface area contributed by atoms with Gasteiger partial charge >= 0.3 is 11.9 Å². The van der Waals surface area contributed by atoms with Crippen molar-refractivity contribution in [3.63, 3.8) is 0 Å². The zero-order valence-corrected chi connectivity index (χ0v) is 8.10. The maximum absolute atomic E-state index is 10.8. The summed E-state index contributed by atoms with van der Waals surface area (Å²) in [5, 5.41) is 17.4. The first kappa shape index (κ1) is 11.0. The Kier molecular flexibility index (Phi) is 3.23. The normalized spacial score (nSPS) is 11.1. The predicted molar refractivity (Wildman–Crippen MR) is 54.4 cm³/mol. The number of hydrogen-bond donors (Lipinski definition) is 2. The molecule has 0 aliphatic rings. The van der Waals surface area contributed by atoms with Crippen LogP contribution in [0.2, 0.25) is 0 Å². The molecule has 1 rings (SSSR count). The number of carboxylic acids is 2. The van der Waals surface area contributed by atoms with E-state index in [1.165, 1.54) is 0 Å². The van der Waals surface area contributed by atoms with Crippen molar-refractivity contribution in [1.29, 1.82) is 0 Å². The Morgan fingerprint density at radius 3 is 2.40 bits per heavy atom. The number of aryl methyl sites for hydroxylation is 1. The Hall–Kier alpha value is -2.10. The molecule has 0 saturated heterocycles. The third-order valence-electron chi connectivity index (χ3n) is 1.83. The van der Waals surface area contributed by atoms with Crippen molar-refractivity contribution < 1.29 is 19.8 Å². The van der Waals surface area contributed by atoms with Gasteiger partial charge in [0.1, 0.15) is 0 Å². The maximum Gasteiger partial charge on any atom is 0.336 e. The monoisotopic (exact) mass is 206 g/mol. The fourth-order valence-corrected chi connectivity index (χ4v) is 1.20. The first-order valence-corrected chi connectivity index (χ1v) is 4.25. The molecule has 0 amide bonds. The van der Waals surface area contributed by atoms with Crippen LogP contribution in [0, 0.1) is 6.92 Å². The van der Waals surface area contributed by atoms with Gasteiger partial charge in [0.25, 0.3) is 0 Å². The second-order valence-electron chi connectivity index (χ2n) is 3.07. The SMILES string of the molecule is Cc1cccc(C(=CC(=O)O)C(=O)O)c1. The lowest BCUT2D eigenvalue weighted by Gasteiger charge is -2.02. The van der Waals surface area contributed by atoms with Crippen molar-refractivity contribution in [3.8, 4) is 0 Å². The fraction of sp³-hybridized carbons (Fsp3) is 0.0909. The average molecular weight is 206 g/mol. The number of rotatable bonds is 3. The predicted octanol–water partition coefficient (Wildman–Crippen LogP) is 1.55. The van der Waals surface area contributed by atoms with E-state index in [9.17, 15) is 9.59 Å². The molecular formula is C11H10O4. The van der Waals surface area contributed by atoms with Gasteiger partial charge in [-0.25, -0.2) is 9.59 Å². The largest absolute Gasteiger partial charge is 0.478 e. The van der Waals surface area contributed by atoms with Gasteiger partial charge in [-0.2, -0.15) is 0 Å². The van der Waals surface area contributed by atoms with Crippen LogP contribution in [0.3, 0.4) is 0 Å². The van der Waals surface area contributed by atoms with E-state index < -0.39 is 11.9 Å². The smallest absolute Gasteiger partial charge is 0.336 e. The molecule has 0 atom stereocenters. The molecule has 1 aromatic rings. The molecule has 0 aliphatic heterocycles. The standard InChI is InChI=1S/C11H10O4/c1-7-3-2-4-8(5-7)9(11(14)15)6-10(12)13/h2-6H,1H3,(H,12,13)(H,14,15). The first-order valence-electron chi connectivity index (χ1n) is 4.25. The third-order valence-corrected chi connectivity index (χ3v) is 1.83. The van der Waals surface area contributed by atoms with Gasteiger partial charge in [-0.05, 0) is 12.5 Å². The molecule has 0 saturated carbocycles. The first-order chi connectivity index (χ1) is 7.00. The number of carbonyl (C=O) groups is 2. The van der Waals surface area contributed by atoms with Crippen molar-refractivity contribution in [3.05, 3.63) is 41.5 Å². The summed E-state index contributed by atoms with van der Waals surface area (Å²) < 4.78 is 0. The zero-order chi connectivity index (χ0) is 11.4. The van der Waals surface area contributed by atoms with E-state index in [0.717, 1.165) is 5.56 Å². The fourth-order valence-electron chi connectivity index (χ4n) is 1.20. The summed E-state index contributed by atoms with van der Waals surface area (Å²) in [5.41, 5.74) is 1.06. The molecule has 0 unspecified atom stereocenters. The van der Waals surface area contributed by atoms with Crippen LogP contribution in [0.1, 0.15) is 11.1 Å². The molecule has 0 radical (unpaired) electrons. The van der Waals surface area contributed by atoms with Crippen LogP contribution < -0.4 is 0 Å². The molecule has 0 aromatic heterocycles. The van der Waals surface area contributed by atoms with Gasteiger partial charge < -0.3 is 10.2 Å². The van der Waals surface area contributed by atoms with Gasteiger partial charge in [0.2, 0.25) is 0 Å². The van der Waals surface area contributed by atoms with Gasteiger partial charge in [0, 0.05) is 6.08 Å². The van der Waals surface area contributed by atoms with Crippen molar-refractivity contribution in [1.82, 2.24) is 0 Å². The highest BCUT2D eigenvalue weighted by molar-refractivity contribution is 6.19. The molecule has 15 heavy (non-hydrogen) atoms. The molecule has 0 aliphatic carbocycles. The second kappa shape index (κ2) is 4.41. The van der Waals surface area contributed by atoms with Gasteiger partial charge in [-0.3, -0.25) is 0 Å². The van der Waals surface area contributed by atoms with Crippen LogP contribution in [0.4, 0.5) is 0 Å². The van der Waals surface area contributed by atoms with Crippen LogP contribution >= 0.6 is 0 Å².